The quantitative estimate of drug-likeness (QED) is 0.891. The molecule has 0 bridgehead atoms. The van der Waals surface area contributed by atoms with Gasteiger partial charge in [-0.2, -0.15) is 0 Å². The molecule has 1 aromatic carbocycles. The molecule has 2 nitrogen and oxygen atoms in total. The standard InChI is InChI=1S/C16H21NO/c1-4-13(12(3)18)10-14-9-11(2)17-16-8-6-5-7-15(14)16/h5-9,12-13,18H,4,10H2,1-3H3. The number of fused-ring (bicyclic) bond motifs is 1. The number of pyridine rings is 1. The minimum atomic E-state index is -0.262. The lowest BCUT2D eigenvalue weighted by atomic mass is 9.90. The van der Waals surface area contributed by atoms with Gasteiger partial charge in [-0.05, 0) is 43.9 Å². The van der Waals surface area contributed by atoms with Crippen molar-refractivity contribution in [3.8, 4) is 0 Å². The lowest BCUT2D eigenvalue weighted by molar-refractivity contribution is 0.123. The Labute approximate surface area is 109 Å². The molecule has 2 rings (SSSR count). The Hall–Kier alpha value is -1.41. The fourth-order valence-corrected chi connectivity index (χ4v) is 2.50. The highest BCUT2D eigenvalue weighted by Gasteiger charge is 2.15. The summed E-state index contributed by atoms with van der Waals surface area (Å²) in [6.07, 6.45) is 1.65. The van der Waals surface area contributed by atoms with Crippen molar-refractivity contribution in [1.82, 2.24) is 4.98 Å². The van der Waals surface area contributed by atoms with Gasteiger partial charge in [-0.15, -0.1) is 0 Å². The molecule has 2 aromatic rings. The summed E-state index contributed by atoms with van der Waals surface area (Å²) in [5, 5.41) is 11.0. The number of aliphatic hydroxyl groups is 1. The molecule has 18 heavy (non-hydrogen) atoms. The van der Waals surface area contributed by atoms with E-state index in [0.717, 1.165) is 24.1 Å². The van der Waals surface area contributed by atoms with Gasteiger partial charge in [0.25, 0.3) is 0 Å². The maximum absolute atomic E-state index is 9.80. The van der Waals surface area contributed by atoms with Gasteiger partial charge in [0.1, 0.15) is 0 Å². The van der Waals surface area contributed by atoms with E-state index in [9.17, 15) is 5.11 Å². The van der Waals surface area contributed by atoms with Crippen LogP contribution in [0.4, 0.5) is 0 Å². The number of rotatable bonds is 4. The van der Waals surface area contributed by atoms with E-state index in [4.69, 9.17) is 0 Å². The third-order valence-electron chi connectivity index (χ3n) is 3.62. The van der Waals surface area contributed by atoms with Crippen LogP contribution in [0.2, 0.25) is 0 Å². The minimum Gasteiger partial charge on any atom is -0.393 e. The molecule has 1 N–H and O–H groups in total. The highest BCUT2D eigenvalue weighted by molar-refractivity contribution is 5.82. The van der Waals surface area contributed by atoms with E-state index in [-0.39, 0.29) is 6.10 Å². The second-order valence-electron chi connectivity index (χ2n) is 5.05. The molecule has 0 aliphatic carbocycles. The molecule has 0 saturated heterocycles. The molecule has 0 saturated carbocycles. The molecular weight excluding hydrogens is 222 g/mol. The van der Waals surface area contributed by atoms with E-state index in [1.54, 1.807) is 0 Å². The van der Waals surface area contributed by atoms with Gasteiger partial charge < -0.3 is 5.11 Å². The maximum atomic E-state index is 9.80. The molecule has 2 atom stereocenters. The molecule has 0 spiro atoms. The van der Waals surface area contributed by atoms with Crippen LogP contribution in [0.25, 0.3) is 10.9 Å². The van der Waals surface area contributed by atoms with Gasteiger partial charge in [0.15, 0.2) is 0 Å². The van der Waals surface area contributed by atoms with E-state index >= 15 is 0 Å². The first-order chi connectivity index (χ1) is 8.61. The fourth-order valence-electron chi connectivity index (χ4n) is 2.50. The molecule has 0 aliphatic heterocycles. The van der Waals surface area contributed by atoms with Crippen LogP contribution in [-0.2, 0) is 6.42 Å². The Morgan fingerprint density at radius 2 is 2.00 bits per heavy atom. The first kappa shape index (κ1) is 13.0. The summed E-state index contributed by atoms with van der Waals surface area (Å²) in [5.41, 5.74) is 3.39. The molecule has 2 heteroatoms. The number of aryl methyl sites for hydroxylation is 1. The molecular formula is C16H21NO. The third kappa shape index (κ3) is 2.70. The van der Waals surface area contributed by atoms with Crippen LogP contribution in [-0.4, -0.2) is 16.2 Å². The summed E-state index contributed by atoms with van der Waals surface area (Å²) in [7, 11) is 0. The lowest BCUT2D eigenvalue weighted by Gasteiger charge is -2.19. The lowest BCUT2D eigenvalue weighted by Crippen LogP contribution is -2.18. The van der Waals surface area contributed by atoms with E-state index in [2.05, 4.69) is 30.1 Å². The number of hydrogen-bond acceptors (Lipinski definition) is 2. The van der Waals surface area contributed by atoms with Gasteiger partial charge in [-0.3, -0.25) is 4.98 Å². The van der Waals surface area contributed by atoms with Crippen LogP contribution in [0, 0.1) is 12.8 Å². The highest BCUT2D eigenvalue weighted by Crippen LogP contribution is 2.23. The highest BCUT2D eigenvalue weighted by atomic mass is 16.3. The zero-order chi connectivity index (χ0) is 13.1. The Bertz CT molecular complexity index is 534. The van der Waals surface area contributed by atoms with Crippen LogP contribution < -0.4 is 0 Å². The number of aromatic nitrogens is 1. The van der Waals surface area contributed by atoms with Gasteiger partial charge in [0.05, 0.1) is 11.6 Å². The van der Waals surface area contributed by atoms with E-state index in [1.165, 1.54) is 10.9 Å². The second-order valence-corrected chi connectivity index (χ2v) is 5.05. The summed E-state index contributed by atoms with van der Waals surface area (Å²) in [5.74, 6) is 0.315. The predicted octanol–water partition coefficient (Wildman–Crippen LogP) is 3.49. The first-order valence-electron chi connectivity index (χ1n) is 6.65. The van der Waals surface area contributed by atoms with Crippen LogP contribution >= 0.6 is 0 Å². The SMILES string of the molecule is CCC(Cc1cc(C)nc2ccccc12)C(C)O. The van der Waals surface area contributed by atoms with Crippen molar-refractivity contribution in [2.75, 3.05) is 0 Å². The molecule has 1 heterocycles. The van der Waals surface area contributed by atoms with Crippen molar-refractivity contribution in [2.24, 2.45) is 5.92 Å². The summed E-state index contributed by atoms with van der Waals surface area (Å²) in [6.45, 7) is 6.04. The molecule has 1 aromatic heterocycles. The van der Waals surface area contributed by atoms with E-state index < -0.39 is 0 Å². The summed E-state index contributed by atoms with van der Waals surface area (Å²) < 4.78 is 0. The first-order valence-corrected chi connectivity index (χ1v) is 6.65. The molecule has 0 radical (unpaired) electrons. The number of nitrogens with zero attached hydrogens (tertiary/aromatic N) is 1. The van der Waals surface area contributed by atoms with Gasteiger partial charge >= 0.3 is 0 Å². The molecule has 0 aliphatic rings. The zero-order valence-corrected chi connectivity index (χ0v) is 11.4. The zero-order valence-electron chi connectivity index (χ0n) is 11.4. The largest absolute Gasteiger partial charge is 0.393 e. The van der Waals surface area contributed by atoms with E-state index in [1.807, 2.05) is 26.0 Å². The Morgan fingerprint density at radius 1 is 1.28 bits per heavy atom. The van der Waals surface area contributed by atoms with Gasteiger partial charge in [0, 0.05) is 11.1 Å². The summed E-state index contributed by atoms with van der Waals surface area (Å²) in [4.78, 5) is 4.55. The van der Waals surface area contributed by atoms with Crippen molar-refractivity contribution in [3.63, 3.8) is 0 Å². The molecule has 2 unspecified atom stereocenters. The number of benzene rings is 1. The number of aliphatic hydroxyl groups excluding tert-OH is 1. The molecule has 96 valence electrons. The summed E-state index contributed by atoms with van der Waals surface area (Å²) in [6, 6.07) is 10.4. The van der Waals surface area contributed by atoms with Gasteiger partial charge in [-0.1, -0.05) is 31.5 Å². The predicted molar refractivity (Wildman–Crippen MR) is 75.6 cm³/mol. The number of hydrogen-bond donors (Lipinski definition) is 1. The van der Waals surface area contributed by atoms with Crippen molar-refractivity contribution in [3.05, 3.63) is 41.6 Å². The average molecular weight is 243 g/mol. The fraction of sp³-hybridized carbons (Fsp3) is 0.438. The van der Waals surface area contributed by atoms with Crippen LogP contribution in [0.1, 0.15) is 31.5 Å². The van der Waals surface area contributed by atoms with E-state index in [0.29, 0.717) is 5.92 Å². The topological polar surface area (TPSA) is 33.1 Å². The Balaban J connectivity index is 2.43. The number of para-hydroxylation sites is 1. The van der Waals surface area contributed by atoms with Gasteiger partial charge in [0.2, 0.25) is 0 Å². The molecule has 0 amide bonds. The van der Waals surface area contributed by atoms with Crippen molar-refractivity contribution in [1.29, 1.82) is 0 Å². The average Bonchev–Trinajstić information content (AvgIpc) is 2.35. The Kier molecular flexibility index (Phi) is 3.97. The third-order valence-corrected chi connectivity index (χ3v) is 3.62. The van der Waals surface area contributed by atoms with Crippen molar-refractivity contribution in [2.45, 2.75) is 39.7 Å². The van der Waals surface area contributed by atoms with Crippen LogP contribution in [0.3, 0.4) is 0 Å². The minimum absolute atomic E-state index is 0.262. The van der Waals surface area contributed by atoms with Gasteiger partial charge in [-0.25, -0.2) is 0 Å². The second kappa shape index (κ2) is 5.49. The van der Waals surface area contributed by atoms with Crippen LogP contribution in [0.5, 0.6) is 0 Å². The van der Waals surface area contributed by atoms with Crippen molar-refractivity contribution < 1.29 is 5.11 Å². The monoisotopic (exact) mass is 243 g/mol. The maximum Gasteiger partial charge on any atom is 0.0707 e. The van der Waals surface area contributed by atoms with Crippen LogP contribution in [0.15, 0.2) is 30.3 Å². The normalized spacial score (nSPS) is 14.7. The molecule has 0 fully saturated rings. The Morgan fingerprint density at radius 3 is 2.67 bits per heavy atom. The van der Waals surface area contributed by atoms with Crippen molar-refractivity contribution >= 4 is 10.9 Å². The summed E-state index contributed by atoms with van der Waals surface area (Å²) >= 11 is 0. The smallest absolute Gasteiger partial charge is 0.0707 e.